The predicted molar refractivity (Wildman–Crippen MR) is 95.8 cm³/mol. The Morgan fingerprint density at radius 2 is 1.83 bits per heavy atom. The molecule has 1 aliphatic rings. The molecule has 1 aromatic carbocycles. The van der Waals surface area contributed by atoms with Gasteiger partial charge in [-0.05, 0) is 43.0 Å². The first kappa shape index (κ1) is 15.1. The second kappa shape index (κ2) is 6.57. The maximum absolute atomic E-state index is 9.72. The molecule has 1 fully saturated rings. The van der Waals surface area contributed by atoms with Crippen LogP contribution in [0.3, 0.4) is 0 Å². The Labute approximate surface area is 141 Å². The number of fused-ring (bicyclic) bond motifs is 1. The molecule has 4 nitrogen and oxygen atoms in total. The number of nitrogens with zero attached hydrogens (tertiary/aromatic N) is 2. The van der Waals surface area contributed by atoms with Gasteiger partial charge in [-0.15, -0.1) is 0 Å². The van der Waals surface area contributed by atoms with E-state index >= 15 is 0 Å². The van der Waals surface area contributed by atoms with Gasteiger partial charge in [-0.3, -0.25) is 9.97 Å². The number of hydrogen-bond donors (Lipinski definition) is 2. The predicted octanol–water partition coefficient (Wildman–Crippen LogP) is 3.42. The molecule has 0 radical (unpaired) electrons. The molecule has 0 spiro atoms. The van der Waals surface area contributed by atoms with Crippen LogP contribution in [-0.2, 0) is 6.42 Å². The van der Waals surface area contributed by atoms with Gasteiger partial charge in [0.25, 0.3) is 0 Å². The largest absolute Gasteiger partial charge is 0.393 e. The summed E-state index contributed by atoms with van der Waals surface area (Å²) in [5, 5.41) is 14.6. The summed E-state index contributed by atoms with van der Waals surface area (Å²) < 4.78 is 0. The van der Waals surface area contributed by atoms with Crippen molar-refractivity contribution in [2.45, 2.75) is 31.4 Å². The van der Waals surface area contributed by atoms with Crippen LogP contribution in [0.2, 0.25) is 0 Å². The van der Waals surface area contributed by atoms with E-state index in [1.807, 2.05) is 48.8 Å². The van der Waals surface area contributed by atoms with Crippen molar-refractivity contribution in [3.8, 4) is 0 Å². The number of nitrogens with one attached hydrogen (secondary N) is 1. The quantitative estimate of drug-likeness (QED) is 0.756. The first-order valence-electron chi connectivity index (χ1n) is 8.48. The van der Waals surface area contributed by atoms with Gasteiger partial charge >= 0.3 is 0 Å². The molecule has 0 amide bonds. The molecule has 2 aromatic heterocycles. The van der Waals surface area contributed by atoms with Crippen molar-refractivity contribution >= 4 is 16.6 Å². The summed E-state index contributed by atoms with van der Waals surface area (Å²) in [6, 6.07) is 16.5. The molecule has 0 aliphatic heterocycles. The van der Waals surface area contributed by atoms with Gasteiger partial charge in [0, 0.05) is 41.6 Å². The van der Waals surface area contributed by atoms with E-state index in [2.05, 4.69) is 27.4 Å². The van der Waals surface area contributed by atoms with Gasteiger partial charge < -0.3 is 10.4 Å². The third kappa shape index (κ3) is 3.10. The molecular formula is C20H21N3O. The molecule has 24 heavy (non-hydrogen) atoms. The van der Waals surface area contributed by atoms with Crippen LogP contribution in [0, 0.1) is 5.92 Å². The molecule has 1 unspecified atom stereocenters. The molecule has 3 aromatic rings. The summed E-state index contributed by atoms with van der Waals surface area (Å²) in [5.74, 6) is 0.467. The van der Waals surface area contributed by atoms with Crippen LogP contribution < -0.4 is 5.32 Å². The highest BCUT2D eigenvalue weighted by Crippen LogP contribution is 2.34. The van der Waals surface area contributed by atoms with Gasteiger partial charge in [0.1, 0.15) is 0 Å². The smallest absolute Gasteiger partial charge is 0.0722 e. The minimum absolute atomic E-state index is 0.155. The maximum Gasteiger partial charge on any atom is 0.0722 e. The molecule has 2 N–H and O–H groups in total. The average Bonchev–Trinajstić information content (AvgIpc) is 2.60. The fourth-order valence-electron chi connectivity index (χ4n) is 3.46. The summed E-state index contributed by atoms with van der Waals surface area (Å²) in [7, 11) is 0. The van der Waals surface area contributed by atoms with E-state index in [4.69, 9.17) is 0 Å². The first-order valence-corrected chi connectivity index (χ1v) is 8.48. The van der Waals surface area contributed by atoms with Gasteiger partial charge in [-0.2, -0.15) is 0 Å². The van der Waals surface area contributed by atoms with Crippen LogP contribution >= 0.6 is 0 Å². The summed E-state index contributed by atoms with van der Waals surface area (Å²) in [6.07, 6.45) is 6.09. The van der Waals surface area contributed by atoms with Crippen LogP contribution in [0.1, 0.15) is 18.5 Å². The van der Waals surface area contributed by atoms with E-state index in [0.29, 0.717) is 5.92 Å². The zero-order chi connectivity index (χ0) is 16.4. The standard InChI is InChI=1S/C20H21N3O/c24-16-11-14(12-16)20(13-15-5-3-4-9-21-15)23-19-8-10-22-18-7-2-1-6-17(18)19/h1-10,14,16,20,24H,11-13H2,(H,22,23). The second-order valence-electron chi connectivity index (χ2n) is 6.54. The third-order valence-electron chi connectivity index (χ3n) is 4.86. The highest BCUT2D eigenvalue weighted by Gasteiger charge is 2.34. The van der Waals surface area contributed by atoms with Crippen molar-refractivity contribution in [2.24, 2.45) is 5.92 Å². The van der Waals surface area contributed by atoms with Crippen LogP contribution in [0.15, 0.2) is 60.9 Å². The Hall–Kier alpha value is -2.46. The Morgan fingerprint density at radius 1 is 1.00 bits per heavy atom. The number of anilines is 1. The third-order valence-corrected chi connectivity index (χ3v) is 4.86. The Bertz CT molecular complexity index is 810. The highest BCUT2D eigenvalue weighted by atomic mass is 16.3. The number of aromatic nitrogens is 2. The minimum atomic E-state index is -0.155. The first-order chi connectivity index (χ1) is 11.8. The van der Waals surface area contributed by atoms with Crippen LogP contribution in [-0.4, -0.2) is 27.2 Å². The topological polar surface area (TPSA) is 58.0 Å². The number of benzene rings is 1. The van der Waals surface area contributed by atoms with Crippen LogP contribution in [0.4, 0.5) is 5.69 Å². The van der Waals surface area contributed by atoms with E-state index in [9.17, 15) is 5.11 Å². The zero-order valence-corrected chi connectivity index (χ0v) is 13.5. The Morgan fingerprint density at radius 3 is 2.62 bits per heavy atom. The zero-order valence-electron chi connectivity index (χ0n) is 13.5. The van der Waals surface area contributed by atoms with E-state index in [-0.39, 0.29) is 12.1 Å². The molecule has 0 saturated heterocycles. The molecular weight excluding hydrogens is 298 g/mol. The summed E-state index contributed by atoms with van der Waals surface area (Å²) >= 11 is 0. The van der Waals surface area contributed by atoms with E-state index < -0.39 is 0 Å². The van der Waals surface area contributed by atoms with Gasteiger partial charge in [-0.25, -0.2) is 0 Å². The van der Waals surface area contributed by atoms with Gasteiger partial charge in [0.2, 0.25) is 0 Å². The molecule has 1 atom stereocenters. The van der Waals surface area contributed by atoms with E-state index in [0.717, 1.165) is 41.5 Å². The number of para-hydroxylation sites is 1. The number of hydrogen-bond acceptors (Lipinski definition) is 4. The van der Waals surface area contributed by atoms with Gasteiger partial charge in [0.15, 0.2) is 0 Å². The molecule has 122 valence electrons. The van der Waals surface area contributed by atoms with Crippen molar-refractivity contribution in [1.29, 1.82) is 0 Å². The fourth-order valence-corrected chi connectivity index (χ4v) is 3.46. The lowest BCUT2D eigenvalue weighted by Gasteiger charge is -2.38. The van der Waals surface area contributed by atoms with Crippen molar-refractivity contribution in [2.75, 3.05) is 5.32 Å². The molecule has 2 heterocycles. The highest BCUT2D eigenvalue weighted by molar-refractivity contribution is 5.91. The lowest BCUT2D eigenvalue weighted by atomic mass is 9.75. The molecule has 1 aliphatic carbocycles. The average molecular weight is 319 g/mol. The van der Waals surface area contributed by atoms with Crippen LogP contribution in [0.25, 0.3) is 10.9 Å². The lowest BCUT2D eigenvalue weighted by Crippen LogP contribution is -2.42. The van der Waals surface area contributed by atoms with Crippen molar-refractivity contribution in [3.05, 3.63) is 66.6 Å². The molecule has 4 heteroatoms. The SMILES string of the molecule is OC1CC(C(Cc2ccccn2)Nc2ccnc3ccccc23)C1. The fraction of sp³-hybridized carbons (Fsp3) is 0.300. The lowest BCUT2D eigenvalue weighted by molar-refractivity contribution is 0.0341. The summed E-state index contributed by atoms with van der Waals surface area (Å²) in [6.45, 7) is 0. The normalized spacial score (nSPS) is 21.2. The van der Waals surface area contributed by atoms with Gasteiger partial charge in [0.05, 0.1) is 11.6 Å². The van der Waals surface area contributed by atoms with Crippen LogP contribution in [0.5, 0.6) is 0 Å². The Balaban J connectivity index is 1.61. The molecule has 1 saturated carbocycles. The number of rotatable bonds is 5. The van der Waals surface area contributed by atoms with E-state index in [1.54, 1.807) is 0 Å². The number of aliphatic hydroxyl groups excluding tert-OH is 1. The number of aliphatic hydroxyl groups is 1. The second-order valence-corrected chi connectivity index (χ2v) is 6.54. The van der Waals surface area contributed by atoms with Crippen molar-refractivity contribution in [1.82, 2.24) is 9.97 Å². The van der Waals surface area contributed by atoms with E-state index in [1.165, 1.54) is 0 Å². The number of pyridine rings is 2. The maximum atomic E-state index is 9.72. The van der Waals surface area contributed by atoms with Gasteiger partial charge in [-0.1, -0.05) is 24.3 Å². The molecule has 0 bridgehead atoms. The van der Waals surface area contributed by atoms with Crippen molar-refractivity contribution < 1.29 is 5.11 Å². The summed E-state index contributed by atoms with van der Waals surface area (Å²) in [5.41, 5.74) is 3.17. The molecule has 4 rings (SSSR count). The Kier molecular flexibility index (Phi) is 4.13. The summed E-state index contributed by atoms with van der Waals surface area (Å²) in [4.78, 5) is 8.90. The monoisotopic (exact) mass is 319 g/mol. The minimum Gasteiger partial charge on any atom is -0.393 e. The van der Waals surface area contributed by atoms with Crippen molar-refractivity contribution in [3.63, 3.8) is 0 Å².